The Bertz CT molecular complexity index is 586. The molecule has 0 aliphatic heterocycles. The van der Waals surface area contributed by atoms with Crippen molar-refractivity contribution in [3.05, 3.63) is 48.0 Å². The highest BCUT2D eigenvalue weighted by atomic mass is 19.3. The molecule has 120 valence electrons. The number of hydrogen-bond acceptors (Lipinski definition) is 3. The Morgan fingerprint density at radius 2 is 2.09 bits per heavy atom. The largest absolute Gasteiger partial charge is 0.434 e. The Hall–Kier alpha value is -1.95. The van der Waals surface area contributed by atoms with E-state index >= 15 is 0 Å². The van der Waals surface area contributed by atoms with Gasteiger partial charge in [0.1, 0.15) is 11.6 Å². The van der Waals surface area contributed by atoms with E-state index in [9.17, 15) is 8.78 Å². The number of rotatable bonds is 8. The molecule has 0 radical (unpaired) electrons. The number of nitrogens with zero attached hydrogens (tertiary/aromatic N) is 2. The molecule has 1 aromatic heterocycles. The summed E-state index contributed by atoms with van der Waals surface area (Å²) in [7, 11) is 0. The molecular weight excluding hydrogens is 288 g/mol. The normalized spacial score (nSPS) is 12.6. The average molecular weight is 309 g/mol. The first-order valence-corrected chi connectivity index (χ1v) is 7.27. The molecule has 0 aliphatic carbocycles. The third-order valence-corrected chi connectivity index (χ3v) is 3.43. The molecule has 0 spiro atoms. The van der Waals surface area contributed by atoms with Crippen molar-refractivity contribution in [3.8, 4) is 5.75 Å². The first kappa shape index (κ1) is 16.4. The first-order valence-electron chi connectivity index (χ1n) is 7.27. The van der Waals surface area contributed by atoms with E-state index in [1.807, 2.05) is 19.2 Å². The summed E-state index contributed by atoms with van der Waals surface area (Å²) in [5.41, 5.74) is 0.730. The lowest BCUT2D eigenvalue weighted by atomic mass is 10.1. The fraction of sp³-hybridized carbons (Fsp3) is 0.438. The molecule has 1 atom stereocenters. The Kier molecular flexibility index (Phi) is 5.89. The summed E-state index contributed by atoms with van der Waals surface area (Å²) in [4.78, 5) is 4.19. The lowest BCUT2D eigenvalue weighted by Crippen LogP contribution is -2.24. The first-order chi connectivity index (χ1) is 10.6. The smallest absolute Gasteiger partial charge is 0.387 e. The number of nitrogens with one attached hydrogen (secondary N) is 1. The topological polar surface area (TPSA) is 39.1 Å². The number of ether oxygens (including phenoxy) is 1. The Labute approximate surface area is 129 Å². The number of benzene rings is 1. The molecule has 0 bridgehead atoms. The average Bonchev–Trinajstić information content (AvgIpc) is 2.85. The van der Waals surface area contributed by atoms with Gasteiger partial charge in [-0.05, 0) is 25.5 Å². The Balaban J connectivity index is 1.82. The van der Waals surface area contributed by atoms with Gasteiger partial charge < -0.3 is 14.6 Å². The number of hydrogen-bond donors (Lipinski definition) is 1. The van der Waals surface area contributed by atoms with E-state index in [-0.39, 0.29) is 5.75 Å². The van der Waals surface area contributed by atoms with E-state index in [1.54, 1.807) is 24.4 Å². The molecule has 1 unspecified atom stereocenters. The van der Waals surface area contributed by atoms with Crippen molar-refractivity contribution in [2.75, 3.05) is 6.54 Å². The number of aryl methyl sites for hydroxylation is 1. The number of halogens is 2. The van der Waals surface area contributed by atoms with Gasteiger partial charge in [-0.3, -0.25) is 0 Å². The number of alkyl halides is 2. The van der Waals surface area contributed by atoms with Crippen molar-refractivity contribution in [1.82, 2.24) is 14.9 Å². The second-order valence-electron chi connectivity index (χ2n) is 5.35. The van der Waals surface area contributed by atoms with Crippen LogP contribution in [0.1, 0.15) is 18.3 Å². The molecule has 2 aromatic rings. The highest BCUT2D eigenvalue weighted by Crippen LogP contribution is 2.20. The van der Waals surface area contributed by atoms with Crippen molar-refractivity contribution in [3.63, 3.8) is 0 Å². The minimum Gasteiger partial charge on any atom is -0.434 e. The van der Waals surface area contributed by atoms with Crippen LogP contribution in [0.4, 0.5) is 8.78 Å². The SMILES string of the molecule is Cc1nccn1CC(C)CNCc1ccccc1OC(F)F. The summed E-state index contributed by atoms with van der Waals surface area (Å²) in [6, 6.07) is 6.84. The van der Waals surface area contributed by atoms with Crippen molar-refractivity contribution < 1.29 is 13.5 Å². The molecule has 0 saturated carbocycles. The van der Waals surface area contributed by atoms with Crippen molar-refractivity contribution in [2.45, 2.75) is 33.5 Å². The van der Waals surface area contributed by atoms with Crippen molar-refractivity contribution >= 4 is 0 Å². The lowest BCUT2D eigenvalue weighted by molar-refractivity contribution is -0.0505. The third-order valence-electron chi connectivity index (χ3n) is 3.43. The predicted octanol–water partition coefficient (Wildman–Crippen LogP) is 3.22. The molecule has 0 aliphatic rings. The van der Waals surface area contributed by atoms with Crippen LogP contribution in [-0.4, -0.2) is 22.7 Å². The highest BCUT2D eigenvalue weighted by Gasteiger charge is 2.10. The van der Waals surface area contributed by atoms with Crippen LogP contribution in [0.2, 0.25) is 0 Å². The summed E-state index contributed by atoms with van der Waals surface area (Å²) in [6.07, 6.45) is 3.74. The maximum atomic E-state index is 12.3. The van der Waals surface area contributed by atoms with Crippen LogP contribution < -0.4 is 10.1 Å². The van der Waals surface area contributed by atoms with Gasteiger partial charge in [0.2, 0.25) is 0 Å². The van der Waals surface area contributed by atoms with Gasteiger partial charge >= 0.3 is 6.61 Å². The van der Waals surface area contributed by atoms with E-state index in [0.717, 1.165) is 24.5 Å². The quantitative estimate of drug-likeness (QED) is 0.814. The molecule has 4 nitrogen and oxygen atoms in total. The number of imidazole rings is 1. The summed E-state index contributed by atoms with van der Waals surface area (Å²) in [5.74, 6) is 1.61. The molecule has 1 aromatic carbocycles. The molecular formula is C16H21F2N3O. The van der Waals surface area contributed by atoms with Gasteiger partial charge in [-0.15, -0.1) is 0 Å². The minimum absolute atomic E-state index is 0.225. The van der Waals surface area contributed by atoms with Gasteiger partial charge in [0, 0.05) is 31.0 Å². The molecule has 6 heteroatoms. The maximum Gasteiger partial charge on any atom is 0.387 e. The summed E-state index contributed by atoms with van der Waals surface area (Å²) < 4.78 is 31.3. The molecule has 0 saturated heterocycles. The van der Waals surface area contributed by atoms with Gasteiger partial charge in [-0.2, -0.15) is 8.78 Å². The fourth-order valence-corrected chi connectivity index (χ4v) is 2.31. The van der Waals surface area contributed by atoms with Gasteiger partial charge in [0.25, 0.3) is 0 Å². The summed E-state index contributed by atoms with van der Waals surface area (Å²) >= 11 is 0. The third kappa shape index (κ3) is 4.80. The van der Waals surface area contributed by atoms with E-state index in [4.69, 9.17) is 0 Å². The fourth-order valence-electron chi connectivity index (χ4n) is 2.31. The number of para-hydroxylation sites is 1. The number of aromatic nitrogens is 2. The standard InChI is InChI=1S/C16H21F2N3O/c1-12(11-21-8-7-20-13(21)2)9-19-10-14-5-3-4-6-15(14)22-16(17)18/h3-8,12,16,19H,9-11H2,1-2H3. The van der Waals surface area contributed by atoms with Crippen LogP contribution in [0.5, 0.6) is 5.75 Å². The van der Waals surface area contributed by atoms with Crippen LogP contribution in [-0.2, 0) is 13.1 Å². The second kappa shape index (κ2) is 7.89. The molecule has 22 heavy (non-hydrogen) atoms. The van der Waals surface area contributed by atoms with E-state index in [0.29, 0.717) is 12.5 Å². The molecule has 0 fully saturated rings. The second-order valence-corrected chi connectivity index (χ2v) is 5.35. The van der Waals surface area contributed by atoms with E-state index in [1.165, 1.54) is 0 Å². The van der Waals surface area contributed by atoms with Gasteiger partial charge in [0.15, 0.2) is 0 Å². The maximum absolute atomic E-state index is 12.3. The molecule has 1 heterocycles. The highest BCUT2D eigenvalue weighted by molar-refractivity contribution is 5.33. The van der Waals surface area contributed by atoms with Gasteiger partial charge in [-0.1, -0.05) is 25.1 Å². The molecule has 1 N–H and O–H groups in total. The molecule has 0 amide bonds. The zero-order valence-electron chi connectivity index (χ0n) is 12.8. The zero-order valence-corrected chi connectivity index (χ0v) is 12.8. The Morgan fingerprint density at radius 3 is 2.77 bits per heavy atom. The van der Waals surface area contributed by atoms with Crippen LogP contribution in [0.3, 0.4) is 0 Å². The zero-order chi connectivity index (χ0) is 15.9. The van der Waals surface area contributed by atoms with E-state index in [2.05, 4.69) is 26.5 Å². The van der Waals surface area contributed by atoms with Crippen LogP contribution >= 0.6 is 0 Å². The predicted molar refractivity (Wildman–Crippen MR) is 80.9 cm³/mol. The van der Waals surface area contributed by atoms with Crippen molar-refractivity contribution in [2.24, 2.45) is 5.92 Å². The lowest BCUT2D eigenvalue weighted by Gasteiger charge is -2.15. The van der Waals surface area contributed by atoms with E-state index < -0.39 is 6.61 Å². The monoisotopic (exact) mass is 309 g/mol. The summed E-state index contributed by atoms with van der Waals surface area (Å²) in [6.45, 7) is 3.45. The van der Waals surface area contributed by atoms with Crippen LogP contribution in [0.25, 0.3) is 0 Å². The summed E-state index contributed by atoms with van der Waals surface area (Å²) in [5, 5.41) is 3.29. The minimum atomic E-state index is -2.80. The van der Waals surface area contributed by atoms with Crippen LogP contribution in [0, 0.1) is 12.8 Å². The Morgan fingerprint density at radius 1 is 1.32 bits per heavy atom. The van der Waals surface area contributed by atoms with Gasteiger partial charge in [-0.25, -0.2) is 4.98 Å². The molecule has 2 rings (SSSR count). The van der Waals surface area contributed by atoms with Crippen LogP contribution in [0.15, 0.2) is 36.7 Å². The van der Waals surface area contributed by atoms with Crippen molar-refractivity contribution in [1.29, 1.82) is 0 Å². The van der Waals surface area contributed by atoms with Gasteiger partial charge in [0.05, 0.1) is 0 Å².